The lowest BCUT2D eigenvalue weighted by molar-refractivity contribution is 0.658. The molecule has 0 spiro atoms. The van der Waals surface area contributed by atoms with Crippen LogP contribution in [0.3, 0.4) is 0 Å². The van der Waals surface area contributed by atoms with Crippen LogP contribution < -0.4 is 10.6 Å². The Bertz CT molecular complexity index is 377. The maximum atomic E-state index is 2.51. The monoisotopic (exact) mass is 366 g/mol. The molecule has 1 rings (SSSR count). The van der Waals surface area contributed by atoms with Gasteiger partial charge < -0.3 is 0 Å². The fraction of sp³-hybridized carbons (Fsp3) is 0.727. The van der Waals surface area contributed by atoms with Crippen LogP contribution in [0, 0.1) is 0 Å². The van der Waals surface area contributed by atoms with Gasteiger partial charge in [-0.15, -0.1) is 0 Å². The highest BCUT2D eigenvalue weighted by atomic mass is 31.1. The molecule has 0 saturated carbocycles. The van der Waals surface area contributed by atoms with Gasteiger partial charge in [0.1, 0.15) is 0 Å². The first-order valence-electron chi connectivity index (χ1n) is 10.2. The average Bonchev–Trinajstić information content (AvgIpc) is 2.61. The SMILES string of the molecule is CCCCCCC[P@](C)c1ccccc1[P@@](C)CCCCCCC. The molecule has 0 fully saturated rings. The summed E-state index contributed by atoms with van der Waals surface area (Å²) >= 11 is 0. The maximum absolute atomic E-state index is 2.51. The van der Waals surface area contributed by atoms with E-state index in [0.717, 1.165) is 0 Å². The smallest absolute Gasteiger partial charge is 0.0167 e. The van der Waals surface area contributed by atoms with E-state index in [1.54, 1.807) is 10.6 Å². The molecule has 0 amide bonds. The predicted octanol–water partition coefficient (Wildman–Crippen LogP) is 7.10. The second-order valence-electron chi connectivity index (χ2n) is 7.16. The normalized spacial score (nSPS) is 13.8. The van der Waals surface area contributed by atoms with Gasteiger partial charge in [-0.1, -0.05) is 105 Å². The van der Waals surface area contributed by atoms with Crippen LogP contribution in [0.15, 0.2) is 24.3 Å². The van der Waals surface area contributed by atoms with Gasteiger partial charge >= 0.3 is 0 Å². The third-order valence-electron chi connectivity index (χ3n) is 4.90. The summed E-state index contributed by atoms with van der Waals surface area (Å²) in [5.74, 6) is 0. The molecule has 0 N–H and O–H groups in total. The molecule has 2 heteroatoms. The standard InChI is InChI=1S/C22H40P2/c1-5-7-9-11-15-19-23(3)21-17-13-14-18-22(21)24(4)20-16-12-10-8-6-2/h13-14,17-18H,5-12,15-16,19-20H2,1-4H3/t23-,24-/m0/s1. The molecule has 24 heavy (non-hydrogen) atoms. The lowest BCUT2D eigenvalue weighted by Crippen LogP contribution is -2.22. The zero-order valence-corrected chi connectivity index (χ0v) is 18.5. The fourth-order valence-corrected chi connectivity index (χ4v) is 7.77. The minimum atomic E-state index is 0.0421. The van der Waals surface area contributed by atoms with Crippen LogP contribution in [0.5, 0.6) is 0 Å². The Balaban J connectivity index is 2.47. The van der Waals surface area contributed by atoms with Crippen LogP contribution in [0.25, 0.3) is 0 Å². The summed E-state index contributed by atoms with van der Waals surface area (Å²) in [5, 5.41) is 3.43. The Labute approximate surface area is 154 Å². The van der Waals surface area contributed by atoms with Crippen molar-refractivity contribution in [3.63, 3.8) is 0 Å². The molecule has 0 aliphatic carbocycles. The highest BCUT2D eigenvalue weighted by molar-refractivity contribution is 7.71. The van der Waals surface area contributed by atoms with Crippen LogP contribution >= 0.6 is 15.8 Å². The van der Waals surface area contributed by atoms with Crippen molar-refractivity contribution in [1.82, 2.24) is 0 Å². The molecule has 138 valence electrons. The molecule has 0 heterocycles. The number of rotatable bonds is 14. The van der Waals surface area contributed by atoms with Crippen molar-refractivity contribution in [2.24, 2.45) is 0 Å². The first-order valence-corrected chi connectivity index (χ1v) is 14.2. The molecule has 0 saturated heterocycles. The van der Waals surface area contributed by atoms with Crippen LogP contribution in [0.2, 0.25) is 0 Å². The van der Waals surface area contributed by atoms with E-state index in [4.69, 9.17) is 0 Å². The number of hydrogen-bond acceptors (Lipinski definition) is 0. The fourth-order valence-electron chi connectivity index (χ4n) is 3.26. The van der Waals surface area contributed by atoms with Gasteiger partial charge in [0.15, 0.2) is 0 Å². The van der Waals surface area contributed by atoms with Crippen molar-refractivity contribution in [3.05, 3.63) is 24.3 Å². The number of hydrogen-bond donors (Lipinski definition) is 0. The van der Waals surface area contributed by atoms with Crippen molar-refractivity contribution >= 4 is 26.5 Å². The van der Waals surface area contributed by atoms with Gasteiger partial charge in [-0.3, -0.25) is 0 Å². The Hall–Kier alpha value is 0.0800. The molecule has 0 bridgehead atoms. The van der Waals surface area contributed by atoms with Gasteiger partial charge in [-0.2, -0.15) is 0 Å². The highest BCUT2D eigenvalue weighted by Gasteiger charge is 2.14. The summed E-state index contributed by atoms with van der Waals surface area (Å²) in [5.41, 5.74) is 0. The third-order valence-corrected chi connectivity index (χ3v) is 9.47. The molecule has 2 atom stereocenters. The Morgan fingerprint density at radius 2 is 0.958 bits per heavy atom. The van der Waals surface area contributed by atoms with Crippen LogP contribution in [0.4, 0.5) is 0 Å². The molecule has 1 aromatic carbocycles. The zero-order chi connectivity index (χ0) is 17.6. The first kappa shape index (κ1) is 22.1. The largest absolute Gasteiger partial charge is 0.0778 e. The lowest BCUT2D eigenvalue weighted by Gasteiger charge is -2.21. The highest BCUT2D eigenvalue weighted by Crippen LogP contribution is 2.37. The summed E-state index contributed by atoms with van der Waals surface area (Å²) < 4.78 is 0. The van der Waals surface area contributed by atoms with Gasteiger partial charge in [-0.25, -0.2) is 0 Å². The average molecular weight is 367 g/mol. The van der Waals surface area contributed by atoms with Gasteiger partial charge in [0.25, 0.3) is 0 Å². The second-order valence-corrected chi connectivity index (χ2v) is 11.8. The number of benzene rings is 1. The predicted molar refractivity (Wildman–Crippen MR) is 119 cm³/mol. The summed E-state index contributed by atoms with van der Waals surface area (Å²) in [4.78, 5) is 0. The molecule has 0 unspecified atom stereocenters. The second kappa shape index (κ2) is 14.3. The number of unbranched alkanes of at least 4 members (excludes halogenated alkanes) is 8. The summed E-state index contributed by atoms with van der Waals surface area (Å²) in [7, 11) is 0.0841. The van der Waals surface area contributed by atoms with E-state index in [1.807, 2.05) is 0 Å². The summed E-state index contributed by atoms with van der Waals surface area (Å²) in [6.07, 6.45) is 17.0. The minimum absolute atomic E-state index is 0.0421. The van der Waals surface area contributed by atoms with Crippen LogP contribution in [-0.2, 0) is 0 Å². The van der Waals surface area contributed by atoms with Gasteiger partial charge in [0.05, 0.1) is 0 Å². The lowest BCUT2D eigenvalue weighted by atomic mass is 10.2. The van der Waals surface area contributed by atoms with Crippen molar-refractivity contribution in [1.29, 1.82) is 0 Å². The zero-order valence-electron chi connectivity index (χ0n) is 16.7. The topological polar surface area (TPSA) is 0 Å². The minimum Gasteiger partial charge on any atom is -0.0778 e. The molecule has 0 aromatic heterocycles. The summed E-state index contributed by atoms with van der Waals surface area (Å²) in [6, 6.07) is 9.39. The van der Waals surface area contributed by atoms with Gasteiger partial charge in [0.2, 0.25) is 0 Å². The Morgan fingerprint density at radius 3 is 1.33 bits per heavy atom. The van der Waals surface area contributed by atoms with Crippen molar-refractivity contribution < 1.29 is 0 Å². The summed E-state index contributed by atoms with van der Waals surface area (Å²) in [6.45, 7) is 9.63. The maximum Gasteiger partial charge on any atom is -0.0167 e. The van der Waals surface area contributed by atoms with Crippen molar-refractivity contribution in [3.8, 4) is 0 Å². The van der Waals surface area contributed by atoms with E-state index < -0.39 is 0 Å². The van der Waals surface area contributed by atoms with E-state index in [2.05, 4.69) is 51.4 Å². The van der Waals surface area contributed by atoms with Crippen molar-refractivity contribution in [2.75, 3.05) is 25.7 Å². The Kier molecular flexibility index (Phi) is 13.2. The van der Waals surface area contributed by atoms with E-state index in [9.17, 15) is 0 Å². The molecular weight excluding hydrogens is 326 g/mol. The van der Waals surface area contributed by atoms with Crippen LogP contribution in [0.1, 0.15) is 78.1 Å². The molecule has 1 aromatic rings. The molecule has 0 aliphatic heterocycles. The quantitative estimate of drug-likeness (QED) is 0.243. The van der Waals surface area contributed by atoms with E-state index in [1.165, 1.54) is 76.5 Å². The van der Waals surface area contributed by atoms with E-state index >= 15 is 0 Å². The third kappa shape index (κ3) is 8.97. The van der Waals surface area contributed by atoms with Crippen molar-refractivity contribution in [2.45, 2.75) is 78.1 Å². The molecular formula is C22H40P2. The van der Waals surface area contributed by atoms with Gasteiger partial charge in [0, 0.05) is 0 Å². The molecule has 0 nitrogen and oxygen atoms in total. The molecule has 0 aliphatic rings. The molecule has 0 radical (unpaired) electrons. The first-order chi connectivity index (χ1) is 11.7. The van der Waals surface area contributed by atoms with Crippen LogP contribution in [-0.4, -0.2) is 25.7 Å². The van der Waals surface area contributed by atoms with Gasteiger partial charge in [-0.05, 0) is 49.1 Å². The Morgan fingerprint density at radius 1 is 0.583 bits per heavy atom. The van der Waals surface area contributed by atoms with E-state index in [-0.39, 0.29) is 15.8 Å². The van der Waals surface area contributed by atoms with E-state index in [0.29, 0.717) is 0 Å².